The molecular weight excluding hydrogens is 306 g/mol. The fourth-order valence-electron chi connectivity index (χ4n) is 1.84. The van der Waals surface area contributed by atoms with Gasteiger partial charge in [-0.3, -0.25) is 9.59 Å². The highest BCUT2D eigenvalue weighted by molar-refractivity contribution is 5.94. The standard InChI is InChI=1S/C16H14F2N2O3/c17-11-1-6-14(18)10(7-11)8-15(22)19-9-16(23)20-12-2-4-13(21)5-3-12/h1-7,21H,8-9H2,(H,19,22)(H,20,23). The number of rotatable bonds is 5. The summed E-state index contributed by atoms with van der Waals surface area (Å²) in [5.41, 5.74) is 0.375. The Bertz CT molecular complexity index is 718. The molecule has 2 aromatic rings. The molecule has 0 saturated heterocycles. The van der Waals surface area contributed by atoms with Crippen LogP contribution in [0.2, 0.25) is 0 Å². The molecule has 120 valence electrons. The van der Waals surface area contributed by atoms with Crippen LogP contribution in [0, 0.1) is 11.6 Å². The van der Waals surface area contributed by atoms with Gasteiger partial charge in [0.25, 0.3) is 0 Å². The van der Waals surface area contributed by atoms with Gasteiger partial charge in [0.05, 0.1) is 13.0 Å². The second-order valence-corrected chi connectivity index (χ2v) is 4.78. The molecule has 0 heterocycles. The largest absolute Gasteiger partial charge is 0.508 e. The zero-order chi connectivity index (χ0) is 16.8. The van der Waals surface area contributed by atoms with Gasteiger partial charge >= 0.3 is 0 Å². The van der Waals surface area contributed by atoms with Crippen molar-refractivity contribution >= 4 is 17.5 Å². The predicted octanol–water partition coefficient (Wildman–Crippen LogP) is 1.97. The minimum Gasteiger partial charge on any atom is -0.508 e. The van der Waals surface area contributed by atoms with Crippen LogP contribution >= 0.6 is 0 Å². The number of hydrogen-bond donors (Lipinski definition) is 3. The van der Waals surface area contributed by atoms with E-state index in [9.17, 15) is 18.4 Å². The second-order valence-electron chi connectivity index (χ2n) is 4.78. The quantitative estimate of drug-likeness (QED) is 0.737. The minimum atomic E-state index is -0.685. The van der Waals surface area contributed by atoms with Crippen LogP contribution in [0.25, 0.3) is 0 Å². The van der Waals surface area contributed by atoms with Gasteiger partial charge in [-0.15, -0.1) is 0 Å². The zero-order valence-corrected chi connectivity index (χ0v) is 12.0. The molecule has 2 aromatic carbocycles. The summed E-state index contributed by atoms with van der Waals surface area (Å²) in [6.07, 6.45) is -0.365. The maximum Gasteiger partial charge on any atom is 0.243 e. The van der Waals surface area contributed by atoms with E-state index >= 15 is 0 Å². The van der Waals surface area contributed by atoms with Crippen molar-refractivity contribution in [2.75, 3.05) is 11.9 Å². The third-order valence-corrected chi connectivity index (χ3v) is 2.96. The Morgan fingerprint density at radius 3 is 2.39 bits per heavy atom. The Hall–Kier alpha value is -2.96. The first kappa shape index (κ1) is 16.4. The number of benzene rings is 2. The van der Waals surface area contributed by atoms with Gasteiger partial charge in [0.15, 0.2) is 0 Å². The highest BCUT2D eigenvalue weighted by Crippen LogP contribution is 2.13. The van der Waals surface area contributed by atoms with E-state index in [2.05, 4.69) is 10.6 Å². The van der Waals surface area contributed by atoms with E-state index < -0.39 is 23.4 Å². The average Bonchev–Trinajstić information content (AvgIpc) is 2.51. The Labute approximate surface area is 130 Å². The molecule has 0 radical (unpaired) electrons. The first-order valence-corrected chi connectivity index (χ1v) is 6.73. The molecule has 0 aliphatic heterocycles. The van der Waals surface area contributed by atoms with Crippen LogP contribution in [-0.2, 0) is 16.0 Å². The van der Waals surface area contributed by atoms with Gasteiger partial charge in [-0.05, 0) is 42.5 Å². The molecule has 0 bridgehead atoms. The Morgan fingerprint density at radius 2 is 1.70 bits per heavy atom. The molecule has 0 atom stereocenters. The summed E-state index contributed by atoms with van der Waals surface area (Å²) in [6.45, 7) is -0.309. The van der Waals surface area contributed by atoms with E-state index in [0.29, 0.717) is 5.69 Å². The highest BCUT2D eigenvalue weighted by Gasteiger charge is 2.11. The van der Waals surface area contributed by atoms with Crippen LogP contribution < -0.4 is 10.6 Å². The fraction of sp³-hybridized carbons (Fsp3) is 0.125. The average molecular weight is 320 g/mol. The second kappa shape index (κ2) is 7.35. The first-order valence-electron chi connectivity index (χ1n) is 6.73. The number of amides is 2. The Morgan fingerprint density at radius 1 is 1.00 bits per heavy atom. The van der Waals surface area contributed by atoms with Gasteiger partial charge in [-0.2, -0.15) is 0 Å². The number of anilines is 1. The summed E-state index contributed by atoms with van der Waals surface area (Å²) in [4.78, 5) is 23.3. The van der Waals surface area contributed by atoms with Crippen LogP contribution in [0.15, 0.2) is 42.5 Å². The highest BCUT2D eigenvalue weighted by atomic mass is 19.1. The summed E-state index contributed by atoms with van der Waals surface area (Å²) in [6, 6.07) is 8.64. The van der Waals surface area contributed by atoms with E-state index in [0.717, 1.165) is 18.2 Å². The summed E-state index contributed by atoms with van der Waals surface area (Å²) in [7, 11) is 0. The van der Waals surface area contributed by atoms with Crippen molar-refractivity contribution in [3.8, 4) is 5.75 Å². The molecule has 0 aliphatic carbocycles. The monoisotopic (exact) mass is 320 g/mol. The normalized spacial score (nSPS) is 10.2. The predicted molar refractivity (Wildman–Crippen MR) is 79.8 cm³/mol. The Kier molecular flexibility index (Phi) is 5.24. The fourth-order valence-corrected chi connectivity index (χ4v) is 1.84. The van der Waals surface area contributed by atoms with Crippen molar-refractivity contribution in [3.63, 3.8) is 0 Å². The maximum atomic E-state index is 13.4. The third-order valence-electron chi connectivity index (χ3n) is 2.96. The number of carbonyl (C=O) groups is 2. The molecular formula is C16H14F2N2O3. The lowest BCUT2D eigenvalue weighted by atomic mass is 10.1. The van der Waals surface area contributed by atoms with Gasteiger partial charge in [-0.25, -0.2) is 8.78 Å². The molecule has 2 amide bonds. The summed E-state index contributed by atoms with van der Waals surface area (Å²) in [5.74, 6) is -2.35. The van der Waals surface area contributed by atoms with Gasteiger partial charge < -0.3 is 15.7 Å². The van der Waals surface area contributed by atoms with Crippen molar-refractivity contribution in [1.82, 2.24) is 5.32 Å². The van der Waals surface area contributed by atoms with E-state index in [1.165, 1.54) is 24.3 Å². The lowest BCUT2D eigenvalue weighted by molar-refractivity contribution is -0.123. The van der Waals surface area contributed by atoms with Crippen molar-refractivity contribution in [1.29, 1.82) is 0 Å². The van der Waals surface area contributed by atoms with E-state index in [1.807, 2.05) is 0 Å². The number of nitrogens with one attached hydrogen (secondary N) is 2. The van der Waals surface area contributed by atoms with Crippen molar-refractivity contribution < 1.29 is 23.5 Å². The van der Waals surface area contributed by atoms with Gasteiger partial charge in [0.1, 0.15) is 17.4 Å². The lowest BCUT2D eigenvalue weighted by Crippen LogP contribution is -2.33. The van der Waals surface area contributed by atoms with Crippen LogP contribution in [-0.4, -0.2) is 23.5 Å². The minimum absolute atomic E-state index is 0.0634. The number of phenols is 1. The van der Waals surface area contributed by atoms with Gasteiger partial charge in [0, 0.05) is 11.3 Å². The molecule has 3 N–H and O–H groups in total. The van der Waals surface area contributed by atoms with Gasteiger partial charge in [-0.1, -0.05) is 0 Å². The van der Waals surface area contributed by atoms with Crippen molar-refractivity contribution in [2.24, 2.45) is 0 Å². The molecule has 0 aromatic heterocycles. The molecule has 5 nitrogen and oxygen atoms in total. The van der Waals surface area contributed by atoms with Crippen LogP contribution in [0.5, 0.6) is 5.75 Å². The maximum absolute atomic E-state index is 13.4. The van der Waals surface area contributed by atoms with E-state index in [-0.39, 0.29) is 24.3 Å². The molecule has 0 unspecified atom stereocenters. The number of hydrogen-bond acceptors (Lipinski definition) is 3. The molecule has 7 heteroatoms. The molecule has 23 heavy (non-hydrogen) atoms. The van der Waals surface area contributed by atoms with E-state index in [4.69, 9.17) is 5.11 Å². The summed E-state index contributed by atoms with van der Waals surface area (Å²) >= 11 is 0. The third kappa shape index (κ3) is 5.06. The molecule has 0 aliphatic rings. The zero-order valence-electron chi connectivity index (χ0n) is 12.0. The summed E-state index contributed by atoms with van der Waals surface area (Å²) in [5, 5.41) is 14.0. The number of carbonyl (C=O) groups excluding carboxylic acids is 2. The Balaban J connectivity index is 1.83. The number of phenolic OH excluding ortho intramolecular Hbond substituents is 1. The van der Waals surface area contributed by atoms with Crippen molar-refractivity contribution in [3.05, 3.63) is 59.7 Å². The first-order chi connectivity index (χ1) is 10.9. The van der Waals surface area contributed by atoms with Crippen molar-refractivity contribution in [2.45, 2.75) is 6.42 Å². The lowest BCUT2D eigenvalue weighted by Gasteiger charge is -2.08. The summed E-state index contributed by atoms with van der Waals surface area (Å²) < 4.78 is 26.4. The molecule has 0 spiro atoms. The molecule has 0 saturated carbocycles. The number of aromatic hydroxyl groups is 1. The SMILES string of the molecule is O=C(Cc1cc(F)ccc1F)NCC(=O)Nc1ccc(O)cc1. The molecule has 2 rings (SSSR count). The van der Waals surface area contributed by atoms with Crippen LogP contribution in [0.3, 0.4) is 0 Å². The van der Waals surface area contributed by atoms with Crippen LogP contribution in [0.4, 0.5) is 14.5 Å². The van der Waals surface area contributed by atoms with E-state index in [1.54, 1.807) is 0 Å². The smallest absolute Gasteiger partial charge is 0.243 e. The van der Waals surface area contributed by atoms with Crippen LogP contribution in [0.1, 0.15) is 5.56 Å². The molecule has 0 fully saturated rings. The number of halogens is 2. The topological polar surface area (TPSA) is 78.4 Å². The van der Waals surface area contributed by atoms with Gasteiger partial charge in [0.2, 0.25) is 11.8 Å².